The van der Waals surface area contributed by atoms with Gasteiger partial charge in [-0.15, -0.1) is 5.10 Å². The molecule has 2 aliphatic rings. The number of hydrazone groups is 1. The van der Waals surface area contributed by atoms with Crippen LogP contribution in [0.25, 0.3) is 17.0 Å². The zero-order chi connectivity index (χ0) is 25.4. The van der Waals surface area contributed by atoms with Gasteiger partial charge in [0.25, 0.3) is 5.91 Å². The van der Waals surface area contributed by atoms with Crippen LogP contribution in [-0.2, 0) is 21.2 Å². The molecule has 0 bridgehead atoms. The number of amides is 1. The van der Waals surface area contributed by atoms with Crippen LogP contribution in [0.5, 0.6) is 11.5 Å². The van der Waals surface area contributed by atoms with E-state index in [1.165, 1.54) is 0 Å². The number of sulfone groups is 1. The molecule has 0 spiro atoms. The number of benzene rings is 2. The van der Waals surface area contributed by atoms with Crippen LogP contribution in [0.1, 0.15) is 5.56 Å². The fourth-order valence-electron chi connectivity index (χ4n) is 3.85. The molecule has 12 heteroatoms. The first-order chi connectivity index (χ1) is 17.3. The molecule has 1 aromatic heterocycles. The number of methoxy groups -OCH3 is 1. The number of carbonyl (C=O) groups excluding carboxylic acids is 1. The second-order valence-corrected chi connectivity index (χ2v) is 11.1. The Kier molecular flexibility index (Phi) is 6.14. The van der Waals surface area contributed by atoms with Gasteiger partial charge in [0, 0.05) is 28.9 Å². The zero-order valence-corrected chi connectivity index (χ0v) is 21.0. The minimum atomic E-state index is -3.60. The summed E-state index contributed by atoms with van der Waals surface area (Å²) in [6, 6.07) is 15.1. The van der Waals surface area contributed by atoms with E-state index in [0.29, 0.717) is 30.2 Å². The SMILES string of the molecule is COc1ccccc1OCCn1cc(/C=C2/C(=N)N3N=C(S(C)(=O)=O)SC3=NC2=O)c2ccccc21. The maximum atomic E-state index is 12.8. The van der Waals surface area contributed by atoms with E-state index < -0.39 is 15.7 Å². The molecule has 0 saturated carbocycles. The van der Waals surface area contributed by atoms with Gasteiger partial charge in [0.15, 0.2) is 17.3 Å². The Bertz CT molecular complexity index is 1600. The van der Waals surface area contributed by atoms with Crippen molar-refractivity contribution in [2.24, 2.45) is 10.1 Å². The number of para-hydroxylation sites is 3. The second-order valence-electron chi connectivity index (χ2n) is 7.95. The lowest BCUT2D eigenvalue weighted by Gasteiger charge is -2.19. The van der Waals surface area contributed by atoms with E-state index in [0.717, 1.165) is 33.9 Å². The Morgan fingerprint density at radius 2 is 1.83 bits per heavy atom. The van der Waals surface area contributed by atoms with Crippen molar-refractivity contribution in [1.82, 2.24) is 9.58 Å². The van der Waals surface area contributed by atoms with Crippen LogP contribution < -0.4 is 9.47 Å². The van der Waals surface area contributed by atoms with E-state index in [1.54, 1.807) is 13.2 Å². The van der Waals surface area contributed by atoms with Crippen LogP contribution in [0.2, 0.25) is 0 Å². The third-order valence-corrected chi connectivity index (χ3v) is 8.11. The van der Waals surface area contributed by atoms with Crippen LogP contribution in [0, 0.1) is 5.41 Å². The van der Waals surface area contributed by atoms with Crippen molar-refractivity contribution in [1.29, 1.82) is 5.41 Å². The fourth-order valence-corrected chi connectivity index (χ4v) is 5.53. The van der Waals surface area contributed by atoms with Crippen molar-refractivity contribution in [2.75, 3.05) is 20.0 Å². The maximum absolute atomic E-state index is 12.8. The van der Waals surface area contributed by atoms with Gasteiger partial charge < -0.3 is 14.0 Å². The molecule has 10 nitrogen and oxygen atoms in total. The van der Waals surface area contributed by atoms with Crippen LogP contribution >= 0.6 is 11.8 Å². The highest BCUT2D eigenvalue weighted by molar-refractivity contribution is 8.42. The predicted molar refractivity (Wildman–Crippen MR) is 140 cm³/mol. The van der Waals surface area contributed by atoms with Gasteiger partial charge in [0.05, 0.1) is 19.2 Å². The van der Waals surface area contributed by atoms with Crippen LogP contribution in [0.15, 0.2) is 70.4 Å². The van der Waals surface area contributed by atoms with E-state index in [-0.39, 0.29) is 21.0 Å². The number of ether oxygens (including phenoxy) is 2. The molecule has 3 heterocycles. The highest BCUT2D eigenvalue weighted by Gasteiger charge is 2.38. The Morgan fingerprint density at radius 3 is 2.58 bits per heavy atom. The molecule has 184 valence electrons. The summed E-state index contributed by atoms with van der Waals surface area (Å²) in [5.41, 5.74) is 1.67. The Morgan fingerprint density at radius 1 is 1.11 bits per heavy atom. The lowest BCUT2D eigenvalue weighted by molar-refractivity contribution is -0.114. The van der Waals surface area contributed by atoms with Crippen molar-refractivity contribution < 1.29 is 22.7 Å². The lowest BCUT2D eigenvalue weighted by Crippen LogP contribution is -2.35. The number of aliphatic imine (C=N–C) groups is 1. The molecule has 2 aliphatic heterocycles. The summed E-state index contributed by atoms with van der Waals surface area (Å²) in [5.74, 6) is 0.440. The largest absolute Gasteiger partial charge is 0.493 e. The highest BCUT2D eigenvalue weighted by atomic mass is 32.3. The number of hydrogen-bond acceptors (Lipinski definition) is 8. The molecule has 0 aliphatic carbocycles. The predicted octanol–water partition coefficient (Wildman–Crippen LogP) is 3.35. The van der Waals surface area contributed by atoms with Gasteiger partial charge in [-0.05, 0) is 36.0 Å². The maximum Gasteiger partial charge on any atom is 0.283 e. The molecule has 3 aromatic rings. The minimum Gasteiger partial charge on any atom is -0.493 e. The molecular formula is C24H21N5O5S2. The molecule has 36 heavy (non-hydrogen) atoms. The number of amidine groups is 2. The molecule has 5 rings (SSSR count). The van der Waals surface area contributed by atoms with Gasteiger partial charge in [-0.25, -0.2) is 8.42 Å². The van der Waals surface area contributed by atoms with E-state index >= 15 is 0 Å². The molecule has 0 unspecified atom stereocenters. The summed E-state index contributed by atoms with van der Waals surface area (Å²) < 4.78 is 36.8. The Balaban J connectivity index is 1.44. The van der Waals surface area contributed by atoms with Crippen molar-refractivity contribution in [3.63, 3.8) is 0 Å². The summed E-state index contributed by atoms with van der Waals surface area (Å²) in [5, 5.41) is 14.5. The number of thioether (sulfide) groups is 1. The van der Waals surface area contributed by atoms with Gasteiger partial charge >= 0.3 is 0 Å². The number of aromatic nitrogens is 1. The van der Waals surface area contributed by atoms with Crippen molar-refractivity contribution in [3.8, 4) is 11.5 Å². The van der Waals surface area contributed by atoms with Gasteiger partial charge in [-0.1, -0.05) is 30.3 Å². The molecule has 0 fully saturated rings. The van der Waals surface area contributed by atoms with Crippen LogP contribution in [-0.4, -0.2) is 59.3 Å². The smallest absolute Gasteiger partial charge is 0.283 e. The molecule has 0 saturated heterocycles. The second kappa shape index (κ2) is 9.28. The quantitative estimate of drug-likeness (QED) is 0.491. The average Bonchev–Trinajstić information content (AvgIpc) is 3.44. The summed E-state index contributed by atoms with van der Waals surface area (Å²) in [7, 11) is -2.01. The van der Waals surface area contributed by atoms with Crippen LogP contribution in [0.4, 0.5) is 0 Å². The molecule has 1 amide bonds. The van der Waals surface area contributed by atoms with Gasteiger partial charge in [0.1, 0.15) is 6.61 Å². The summed E-state index contributed by atoms with van der Waals surface area (Å²) in [6.07, 6.45) is 4.49. The standard InChI is InChI=1S/C24H21N5O5S2/c1-33-19-9-5-6-10-20(19)34-12-11-28-14-15(16-7-3-4-8-18(16)28)13-17-21(25)29-23(26-22(17)30)35-24(27-29)36(2,31)32/h3-10,13-14,25H,11-12H2,1-2H3/b17-13-,25-21?. The Labute approximate surface area is 211 Å². The van der Waals surface area contributed by atoms with Gasteiger partial charge in [-0.2, -0.15) is 10.0 Å². The summed E-state index contributed by atoms with van der Waals surface area (Å²) in [4.78, 5) is 16.7. The van der Waals surface area contributed by atoms with Gasteiger partial charge in [-0.3, -0.25) is 10.2 Å². The Hall–Kier alpha value is -3.90. The number of rotatable bonds is 6. The van der Waals surface area contributed by atoms with Crippen molar-refractivity contribution in [3.05, 3.63) is 65.9 Å². The highest BCUT2D eigenvalue weighted by Crippen LogP contribution is 2.31. The van der Waals surface area contributed by atoms with E-state index in [4.69, 9.17) is 14.9 Å². The normalized spacial score (nSPS) is 16.8. The van der Waals surface area contributed by atoms with Crippen molar-refractivity contribution in [2.45, 2.75) is 6.54 Å². The number of hydrogen-bond donors (Lipinski definition) is 1. The molecule has 2 aromatic carbocycles. The molecule has 0 atom stereocenters. The number of fused-ring (bicyclic) bond motifs is 2. The average molecular weight is 524 g/mol. The number of nitrogens with zero attached hydrogens (tertiary/aromatic N) is 4. The third-order valence-electron chi connectivity index (χ3n) is 5.53. The number of carbonyl (C=O) groups is 1. The first-order valence-electron chi connectivity index (χ1n) is 10.8. The number of nitrogens with one attached hydrogen (secondary N) is 1. The van der Waals surface area contributed by atoms with Crippen molar-refractivity contribution >= 4 is 59.9 Å². The lowest BCUT2D eigenvalue weighted by atomic mass is 10.1. The van der Waals surface area contributed by atoms with Gasteiger partial charge in [0.2, 0.25) is 19.4 Å². The molecular weight excluding hydrogens is 502 g/mol. The summed E-state index contributed by atoms with van der Waals surface area (Å²) in [6.45, 7) is 0.908. The van der Waals surface area contributed by atoms with E-state index in [9.17, 15) is 13.2 Å². The third kappa shape index (κ3) is 4.40. The monoisotopic (exact) mass is 523 g/mol. The topological polar surface area (TPSA) is 126 Å². The zero-order valence-electron chi connectivity index (χ0n) is 19.3. The van der Waals surface area contributed by atoms with E-state index in [2.05, 4.69) is 10.1 Å². The molecule has 1 N–H and O–H groups in total. The van der Waals surface area contributed by atoms with E-state index in [1.807, 2.05) is 59.3 Å². The molecule has 0 radical (unpaired) electrons. The summed E-state index contributed by atoms with van der Waals surface area (Å²) >= 11 is 0.756. The fraction of sp³-hybridized carbons (Fsp3) is 0.167. The minimum absolute atomic E-state index is 0.0195. The first kappa shape index (κ1) is 23.8. The van der Waals surface area contributed by atoms with Crippen LogP contribution in [0.3, 0.4) is 0 Å². The first-order valence-corrected chi connectivity index (χ1v) is 13.5.